The van der Waals surface area contributed by atoms with Gasteiger partial charge in [-0.1, -0.05) is 25.1 Å². The first kappa shape index (κ1) is 17.1. The third-order valence-corrected chi connectivity index (χ3v) is 5.35. The van der Waals surface area contributed by atoms with Crippen molar-refractivity contribution in [2.75, 3.05) is 18.4 Å². The monoisotopic (exact) mass is 343 g/mol. The van der Waals surface area contributed by atoms with Crippen molar-refractivity contribution in [3.63, 3.8) is 0 Å². The number of carbonyl (C=O) groups excluding carboxylic acids is 1. The van der Waals surface area contributed by atoms with Crippen molar-refractivity contribution in [2.45, 2.75) is 39.7 Å². The topological polar surface area (TPSA) is 45.2 Å². The first-order valence-corrected chi connectivity index (χ1v) is 9.49. The van der Waals surface area contributed by atoms with Crippen molar-refractivity contribution < 1.29 is 4.79 Å². The smallest absolute Gasteiger partial charge is 0.231 e. The van der Waals surface area contributed by atoms with Crippen LogP contribution in [0.3, 0.4) is 0 Å². The summed E-state index contributed by atoms with van der Waals surface area (Å²) in [4.78, 5) is 19.3. The maximum Gasteiger partial charge on any atom is 0.231 e. The number of aryl methyl sites for hydroxylation is 1. The van der Waals surface area contributed by atoms with E-state index in [0.29, 0.717) is 6.42 Å². The molecule has 2 heterocycles. The Morgan fingerprint density at radius 1 is 1.42 bits per heavy atom. The second-order valence-electron chi connectivity index (χ2n) is 6.75. The van der Waals surface area contributed by atoms with Gasteiger partial charge in [0.1, 0.15) is 5.01 Å². The van der Waals surface area contributed by atoms with Crippen LogP contribution in [-0.4, -0.2) is 28.9 Å². The molecule has 0 aliphatic carbocycles. The van der Waals surface area contributed by atoms with Gasteiger partial charge < -0.3 is 5.32 Å². The molecule has 1 unspecified atom stereocenters. The summed E-state index contributed by atoms with van der Waals surface area (Å²) in [5.41, 5.74) is 3.04. The van der Waals surface area contributed by atoms with E-state index in [1.54, 1.807) is 11.3 Å². The predicted molar refractivity (Wildman–Crippen MR) is 99.3 cm³/mol. The maximum atomic E-state index is 12.2. The Morgan fingerprint density at radius 2 is 2.25 bits per heavy atom. The molecular formula is C19H25N3OS. The lowest BCUT2D eigenvalue weighted by molar-refractivity contribution is -0.115. The third-order valence-electron chi connectivity index (χ3n) is 4.46. The minimum absolute atomic E-state index is 0.00297. The standard InChI is InChI=1S/C19H25N3OS/c1-14-6-5-9-22(11-14)12-16-13-24-19(20-16)10-18(23)21-17-8-4-3-7-15(17)2/h3-4,7-8,13-14H,5-6,9-12H2,1-2H3,(H,21,23). The number of piperidine rings is 1. The highest BCUT2D eigenvalue weighted by molar-refractivity contribution is 7.09. The Balaban J connectivity index is 1.54. The Hall–Kier alpha value is -1.72. The quantitative estimate of drug-likeness (QED) is 0.896. The van der Waals surface area contributed by atoms with E-state index in [9.17, 15) is 4.79 Å². The van der Waals surface area contributed by atoms with Gasteiger partial charge in [0.2, 0.25) is 5.91 Å². The summed E-state index contributed by atoms with van der Waals surface area (Å²) in [5, 5.41) is 5.96. The average Bonchev–Trinajstić information content (AvgIpc) is 2.96. The number of para-hydroxylation sites is 1. The molecule has 4 nitrogen and oxygen atoms in total. The maximum absolute atomic E-state index is 12.2. The molecule has 1 aromatic heterocycles. The van der Waals surface area contributed by atoms with E-state index in [0.717, 1.165) is 47.5 Å². The molecule has 2 aromatic rings. The number of aromatic nitrogens is 1. The molecule has 1 aromatic carbocycles. The first-order valence-electron chi connectivity index (χ1n) is 8.61. The number of benzene rings is 1. The van der Waals surface area contributed by atoms with Crippen molar-refractivity contribution >= 4 is 22.9 Å². The summed E-state index contributed by atoms with van der Waals surface area (Å²) in [6.07, 6.45) is 2.95. The van der Waals surface area contributed by atoms with Gasteiger partial charge in [-0.25, -0.2) is 4.98 Å². The average molecular weight is 343 g/mol. The highest BCUT2D eigenvalue weighted by Gasteiger charge is 2.17. The minimum Gasteiger partial charge on any atom is -0.325 e. The van der Waals surface area contributed by atoms with Crippen LogP contribution in [-0.2, 0) is 17.8 Å². The number of nitrogens with one attached hydrogen (secondary N) is 1. The molecule has 0 spiro atoms. The summed E-state index contributed by atoms with van der Waals surface area (Å²) >= 11 is 1.58. The molecule has 0 radical (unpaired) electrons. The molecular weight excluding hydrogens is 318 g/mol. The molecule has 0 bridgehead atoms. The summed E-state index contributed by atoms with van der Waals surface area (Å²) in [7, 11) is 0. The number of hydrogen-bond donors (Lipinski definition) is 1. The number of hydrogen-bond acceptors (Lipinski definition) is 4. The Kier molecular flexibility index (Phi) is 5.63. The van der Waals surface area contributed by atoms with Crippen LogP contribution in [0, 0.1) is 12.8 Å². The molecule has 1 aliphatic heterocycles. The van der Waals surface area contributed by atoms with Crippen LogP contribution in [0.4, 0.5) is 5.69 Å². The van der Waals surface area contributed by atoms with E-state index >= 15 is 0 Å². The van der Waals surface area contributed by atoms with E-state index in [4.69, 9.17) is 0 Å². The van der Waals surface area contributed by atoms with Gasteiger partial charge in [0, 0.05) is 24.2 Å². The number of amides is 1. The molecule has 1 aliphatic rings. The fourth-order valence-corrected chi connectivity index (χ4v) is 3.99. The van der Waals surface area contributed by atoms with Gasteiger partial charge in [-0.3, -0.25) is 9.69 Å². The SMILES string of the molecule is Cc1ccccc1NC(=O)Cc1nc(CN2CCCC(C)C2)cs1. The first-order chi connectivity index (χ1) is 11.6. The van der Waals surface area contributed by atoms with E-state index in [1.165, 1.54) is 12.8 Å². The Bertz CT molecular complexity index is 697. The number of thiazole rings is 1. The zero-order chi connectivity index (χ0) is 16.9. The lowest BCUT2D eigenvalue weighted by atomic mass is 10.0. The molecule has 1 amide bonds. The molecule has 1 saturated heterocycles. The van der Waals surface area contributed by atoms with Gasteiger partial charge in [-0.15, -0.1) is 11.3 Å². The zero-order valence-electron chi connectivity index (χ0n) is 14.4. The highest BCUT2D eigenvalue weighted by Crippen LogP contribution is 2.19. The van der Waals surface area contributed by atoms with Crippen LogP contribution < -0.4 is 5.32 Å². The van der Waals surface area contributed by atoms with Crippen molar-refractivity contribution in [2.24, 2.45) is 5.92 Å². The third kappa shape index (κ3) is 4.65. The molecule has 24 heavy (non-hydrogen) atoms. The largest absolute Gasteiger partial charge is 0.325 e. The lowest BCUT2D eigenvalue weighted by Gasteiger charge is -2.30. The number of anilines is 1. The Labute approximate surface area is 147 Å². The number of likely N-dealkylation sites (tertiary alicyclic amines) is 1. The molecule has 0 saturated carbocycles. The zero-order valence-corrected chi connectivity index (χ0v) is 15.2. The van der Waals surface area contributed by atoms with Gasteiger partial charge in [0.15, 0.2) is 0 Å². The second kappa shape index (κ2) is 7.90. The fourth-order valence-electron chi connectivity index (χ4n) is 3.21. The van der Waals surface area contributed by atoms with Gasteiger partial charge in [0.25, 0.3) is 0 Å². The van der Waals surface area contributed by atoms with E-state index < -0.39 is 0 Å². The number of carbonyl (C=O) groups is 1. The molecule has 5 heteroatoms. The van der Waals surface area contributed by atoms with Crippen LogP contribution in [0.25, 0.3) is 0 Å². The van der Waals surface area contributed by atoms with Crippen molar-refractivity contribution in [3.8, 4) is 0 Å². The van der Waals surface area contributed by atoms with Crippen molar-refractivity contribution in [3.05, 3.63) is 45.9 Å². The van der Waals surface area contributed by atoms with Gasteiger partial charge in [-0.2, -0.15) is 0 Å². The van der Waals surface area contributed by atoms with Crippen molar-refractivity contribution in [1.82, 2.24) is 9.88 Å². The molecule has 1 fully saturated rings. The van der Waals surface area contributed by atoms with Gasteiger partial charge in [-0.05, 0) is 43.9 Å². The minimum atomic E-state index is -0.00297. The van der Waals surface area contributed by atoms with Crippen molar-refractivity contribution in [1.29, 1.82) is 0 Å². The van der Waals surface area contributed by atoms with Gasteiger partial charge >= 0.3 is 0 Å². The molecule has 3 rings (SSSR count). The molecule has 1 N–H and O–H groups in total. The normalized spacial score (nSPS) is 18.5. The summed E-state index contributed by atoms with van der Waals surface area (Å²) < 4.78 is 0. The van der Waals surface area contributed by atoms with Gasteiger partial charge in [0.05, 0.1) is 12.1 Å². The number of nitrogens with zero attached hydrogens (tertiary/aromatic N) is 2. The summed E-state index contributed by atoms with van der Waals surface area (Å²) in [6, 6.07) is 7.83. The van der Waals surface area contributed by atoms with E-state index in [1.807, 2.05) is 31.2 Å². The van der Waals surface area contributed by atoms with E-state index in [2.05, 4.69) is 27.5 Å². The van der Waals surface area contributed by atoms with Crippen LogP contribution >= 0.6 is 11.3 Å². The van der Waals surface area contributed by atoms with Crippen LogP contribution in [0.1, 0.15) is 36.0 Å². The highest BCUT2D eigenvalue weighted by atomic mass is 32.1. The second-order valence-corrected chi connectivity index (χ2v) is 7.70. The Morgan fingerprint density at radius 3 is 3.04 bits per heavy atom. The summed E-state index contributed by atoms with van der Waals surface area (Å²) in [6.45, 7) is 7.52. The number of rotatable bonds is 5. The van der Waals surface area contributed by atoms with E-state index in [-0.39, 0.29) is 5.91 Å². The fraction of sp³-hybridized carbons (Fsp3) is 0.474. The predicted octanol–water partition coefficient (Wildman–Crippen LogP) is 3.86. The van der Waals surface area contributed by atoms with Crippen LogP contribution in [0.5, 0.6) is 0 Å². The van der Waals surface area contributed by atoms with Crippen LogP contribution in [0.15, 0.2) is 29.6 Å². The molecule has 1 atom stereocenters. The lowest BCUT2D eigenvalue weighted by Crippen LogP contribution is -2.33. The molecule has 128 valence electrons. The summed E-state index contributed by atoms with van der Waals surface area (Å²) in [5.74, 6) is 0.772. The van der Waals surface area contributed by atoms with Crippen LogP contribution in [0.2, 0.25) is 0 Å².